The average molecular weight is 457 g/mol. The zero-order valence-electron chi connectivity index (χ0n) is 19.1. The van der Waals surface area contributed by atoms with E-state index in [-0.39, 0.29) is 16.7 Å². The number of hydrogen-bond acceptors (Lipinski definition) is 5. The fourth-order valence-corrected chi connectivity index (χ4v) is 3.88. The van der Waals surface area contributed by atoms with Crippen molar-refractivity contribution in [2.75, 3.05) is 13.2 Å². The van der Waals surface area contributed by atoms with Crippen LogP contribution in [0.15, 0.2) is 18.8 Å². The summed E-state index contributed by atoms with van der Waals surface area (Å²) in [6.45, 7) is 19.2. The molecule has 2 rings (SSSR count). The lowest BCUT2D eigenvalue weighted by Crippen LogP contribution is -2.41. The van der Waals surface area contributed by atoms with Crippen molar-refractivity contribution >= 4 is 14.1 Å². The first-order valence-corrected chi connectivity index (χ1v) is 13.0. The highest BCUT2D eigenvalue weighted by Crippen LogP contribution is 2.39. The van der Waals surface area contributed by atoms with Crippen molar-refractivity contribution in [1.82, 2.24) is 20.4 Å². The third kappa shape index (κ3) is 5.73. The van der Waals surface area contributed by atoms with Gasteiger partial charge in [-0.15, -0.1) is 5.10 Å². The summed E-state index contributed by atoms with van der Waals surface area (Å²) in [7, 11) is -2.04. The molecule has 0 aromatic carbocycles. The van der Waals surface area contributed by atoms with Gasteiger partial charge in [0.2, 0.25) is 0 Å². The molecule has 1 N–H and O–H groups in total. The van der Waals surface area contributed by atoms with E-state index in [4.69, 9.17) is 9.16 Å². The summed E-state index contributed by atoms with van der Waals surface area (Å²) in [4.78, 5) is 0. The average Bonchev–Trinajstić information content (AvgIpc) is 3.15. The molecule has 2 aromatic rings. The predicted octanol–water partition coefficient (Wildman–Crippen LogP) is 6.02. The number of hydrogen-bond donors (Lipinski definition) is 1. The molecule has 2 aromatic heterocycles. The zero-order chi connectivity index (χ0) is 23.6. The van der Waals surface area contributed by atoms with Crippen molar-refractivity contribution in [3.05, 3.63) is 35.8 Å². The molecular formula is C21H31F3N4O2Si. The molecule has 1 atom stereocenters. The van der Waals surface area contributed by atoms with E-state index in [1.54, 1.807) is 0 Å². The molecule has 1 unspecified atom stereocenters. The number of nitrogens with zero attached hydrogens (tertiary/aromatic N) is 3. The highest BCUT2D eigenvalue weighted by molar-refractivity contribution is 6.74. The maximum absolute atomic E-state index is 13.1. The second-order valence-electron chi connectivity index (χ2n) is 9.01. The second kappa shape index (κ2) is 9.11. The fraction of sp³-hybridized carbons (Fsp3) is 0.571. The number of nitrogens with one attached hydrogen (secondary N) is 1. The second-order valence-corrected chi connectivity index (χ2v) is 13.8. The van der Waals surface area contributed by atoms with Crippen LogP contribution in [0.25, 0.3) is 17.0 Å². The summed E-state index contributed by atoms with van der Waals surface area (Å²) in [5.74, 6) is 0.0930. The maximum atomic E-state index is 13.1. The van der Waals surface area contributed by atoms with Crippen LogP contribution in [0.4, 0.5) is 13.2 Å². The van der Waals surface area contributed by atoms with Crippen LogP contribution in [0.5, 0.6) is 0 Å². The van der Waals surface area contributed by atoms with Gasteiger partial charge >= 0.3 is 6.18 Å². The first kappa shape index (κ1) is 25.1. The van der Waals surface area contributed by atoms with Gasteiger partial charge in [0.25, 0.3) is 0 Å². The molecule has 0 bridgehead atoms. The molecule has 0 aliphatic heterocycles. The Morgan fingerprint density at radius 1 is 1.26 bits per heavy atom. The maximum Gasteiger partial charge on any atom is 0.432 e. The smallest absolute Gasteiger partial charge is 0.432 e. The molecule has 0 saturated carbocycles. The van der Waals surface area contributed by atoms with Gasteiger partial charge < -0.3 is 9.16 Å². The minimum absolute atomic E-state index is 0.0214. The fourth-order valence-electron chi connectivity index (χ4n) is 2.78. The van der Waals surface area contributed by atoms with Crippen molar-refractivity contribution in [2.24, 2.45) is 0 Å². The van der Waals surface area contributed by atoms with Crippen LogP contribution >= 0.6 is 0 Å². The SMILES string of the molecule is C=C(OCC)c1nncc(-c2cc(C(F)(F)F)[nH]n2)c1C(C)CO[Si](C)(C)C(C)(C)C. The lowest BCUT2D eigenvalue weighted by molar-refractivity contribution is -0.141. The van der Waals surface area contributed by atoms with Gasteiger partial charge in [0.05, 0.1) is 18.5 Å². The topological polar surface area (TPSA) is 72.9 Å². The molecule has 10 heteroatoms. The van der Waals surface area contributed by atoms with Gasteiger partial charge in [0.1, 0.15) is 17.1 Å². The molecule has 2 heterocycles. The van der Waals surface area contributed by atoms with Crippen LogP contribution in [-0.4, -0.2) is 41.9 Å². The van der Waals surface area contributed by atoms with Crippen molar-refractivity contribution in [3.8, 4) is 11.3 Å². The summed E-state index contributed by atoms with van der Waals surface area (Å²) < 4.78 is 51.2. The first-order chi connectivity index (χ1) is 14.2. The Kier molecular flexibility index (Phi) is 7.37. The predicted molar refractivity (Wildman–Crippen MR) is 117 cm³/mol. The molecule has 0 radical (unpaired) electrons. The van der Waals surface area contributed by atoms with Gasteiger partial charge in [-0.05, 0) is 36.7 Å². The number of aromatic nitrogens is 4. The minimum atomic E-state index is -4.53. The number of aromatic amines is 1. The zero-order valence-corrected chi connectivity index (χ0v) is 20.1. The van der Waals surface area contributed by atoms with Crippen molar-refractivity contribution in [1.29, 1.82) is 0 Å². The van der Waals surface area contributed by atoms with Crippen LogP contribution in [0.2, 0.25) is 18.1 Å². The van der Waals surface area contributed by atoms with E-state index in [1.807, 2.05) is 13.8 Å². The third-order valence-corrected chi connectivity index (χ3v) is 10.1. The van der Waals surface area contributed by atoms with E-state index < -0.39 is 20.2 Å². The van der Waals surface area contributed by atoms with Gasteiger partial charge in [-0.1, -0.05) is 34.3 Å². The van der Waals surface area contributed by atoms with Crippen molar-refractivity contribution in [2.45, 2.75) is 64.8 Å². The number of halogens is 3. The monoisotopic (exact) mass is 456 g/mol. The summed E-state index contributed by atoms with van der Waals surface area (Å²) in [6.07, 6.45) is -3.11. The summed E-state index contributed by atoms with van der Waals surface area (Å²) >= 11 is 0. The standard InChI is InChI=1S/C21H31F3N4O2Si/c1-9-29-14(3)19-18(13(2)12-30-31(7,8)20(4,5)6)15(11-25-28-19)16-10-17(27-26-16)21(22,23)24/h10-11,13H,3,9,12H2,1-2,4-8H3,(H,26,27). The third-order valence-electron chi connectivity index (χ3n) is 5.62. The van der Waals surface area contributed by atoms with Gasteiger partial charge in [-0.3, -0.25) is 5.10 Å². The van der Waals surface area contributed by atoms with Crippen LogP contribution in [-0.2, 0) is 15.3 Å². The Bertz CT molecular complexity index is 920. The summed E-state index contributed by atoms with van der Waals surface area (Å²) in [5, 5.41) is 14.1. The Hall–Kier alpha value is -2.20. The lowest BCUT2D eigenvalue weighted by atomic mass is 9.93. The van der Waals surface area contributed by atoms with E-state index >= 15 is 0 Å². The summed E-state index contributed by atoms with van der Waals surface area (Å²) in [6, 6.07) is 0.967. The number of H-pyrrole nitrogens is 1. The highest BCUT2D eigenvalue weighted by atomic mass is 28.4. The Labute approximate surface area is 182 Å². The molecule has 0 amide bonds. The Morgan fingerprint density at radius 3 is 2.42 bits per heavy atom. The normalized spacial score (nSPS) is 13.9. The number of rotatable bonds is 8. The minimum Gasteiger partial charge on any atom is -0.492 e. The lowest BCUT2D eigenvalue weighted by Gasteiger charge is -2.37. The number of alkyl halides is 3. The molecular weight excluding hydrogens is 425 g/mol. The van der Waals surface area contributed by atoms with Gasteiger partial charge in [-0.25, -0.2) is 0 Å². The van der Waals surface area contributed by atoms with Crippen LogP contribution in [0.3, 0.4) is 0 Å². The molecule has 6 nitrogen and oxygen atoms in total. The van der Waals surface area contributed by atoms with Crippen molar-refractivity contribution < 1.29 is 22.3 Å². The first-order valence-electron chi connectivity index (χ1n) is 10.1. The van der Waals surface area contributed by atoms with Gasteiger partial charge in [0, 0.05) is 18.1 Å². The van der Waals surface area contributed by atoms with E-state index in [0.29, 0.717) is 35.8 Å². The summed E-state index contributed by atoms with van der Waals surface area (Å²) in [5.41, 5.74) is 0.668. The molecule has 0 spiro atoms. The van der Waals surface area contributed by atoms with Crippen LogP contribution in [0.1, 0.15) is 57.5 Å². The van der Waals surface area contributed by atoms with E-state index in [2.05, 4.69) is 60.8 Å². The molecule has 0 aliphatic carbocycles. The Morgan fingerprint density at radius 2 is 1.90 bits per heavy atom. The molecule has 0 fully saturated rings. The van der Waals surface area contributed by atoms with Crippen molar-refractivity contribution in [3.63, 3.8) is 0 Å². The van der Waals surface area contributed by atoms with Gasteiger partial charge in [-0.2, -0.15) is 23.4 Å². The molecule has 172 valence electrons. The quantitative estimate of drug-likeness (QED) is 0.388. The van der Waals surface area contributed by atoms with E-state index in [0.717, 1.165) is 6.07 Å². The van der Waals surface area contributed by atoms with E-state index in [1.165, 1.54) is 6.20 Å². The molecule has 0 saturated heterocycles. The van der Waals surface area contributed by atoms with Crippen LogP contribution < -0.4 is 0 Å². The highest BCUT2D eigenvalue weighted by Gasteiger charge is 2.38. The van der Waals surface area contributed by atoms with E-state index in [9.17, 15) is 13.2 Å². The largest absolute Gasteiger partial charge is 0.492 e. The van der Waals surface area contributed by atoms with Crippen LogP contribution in [0, 0.1) is 0 Å². The molecule has 0 aliphatic rings. The molecule has 31 heavy (non-hydrogen) atoms. The number of ether oxygens (including phenoxy) is 1. The van der Waals surface area contributed by atoms with Gasteiger partial charge in [0.15, 0.2) is 8.32 Å². The Balaban J connectivity index is 2.51.